The van der Waals surface area contributed by atoms with Crippen molar-refractivity contribution in [1.82, 2.24) is 0 Å². The van der Waals surface area contributed by atoms with E-state index >= 15 is 0 Å². The summed E-state index contributed by atoms with van der Waals surface area (Å²) < 4.78 is 0. The molecule has 0 bridgehead atoms. The fraction of sp³-hybridized carbons (Fsp3) is 0.417. The molecule has 1 fully saturated rings. The van der Waals surface area contributed by atoms with Crippen molar-refractivity contribution in [3.8, 4) is 0 Å². The minimum Gasteiger partial charge on any atom is -0.317 e. The molecule has 0 aromatic heterocycles. The summed E-state index contributed by atoms with van der Waals surface area (Å²) in [5.74, 6) is -0.136. The highest BCUT2D eigenvalue weighted by Crippen LogP contribution is 2.32. The molecule has 2 N–H and O–H groups in total. The van der Waals surface area contributed by atoms with Gasteiger partial charge in [-0.3, -0.25) is 14.9 Å². The predicted molar refractivity (Wildman–Crippen MR) is 67.3 cm³/mol. The first-order valence-electron chi connectivity index (χ1n) is 5.75. The zero-order chi connectivity index (χ0) is 13.3. The lowest BCUT2D eigenvalue weighted by Crippen LogP contribution is -2.59. The van der Waals surface area contributed by atoms with Crippen LogP contribution in [-0.4, -0.2) is 23.4 Å². The number of nitrogens with zero attached hydrogens (tertiary/aromatic N) is 2. The van der Waals surface area contributed by atoms with Crippen LogP contribution in [0.15, 0.2) is 24.3 Å². The van der Waals surface area contributed by atoms with Crippen molar-refractivity contribution in [1.29, 1.82) is 0 Å². The number of likely N-dealkylation sites (N-methyl/N-ethyl adjacent to an activating group) is 1. The summed E-state index contributed by atoms with van der Waals surface area (Å²) in [6.07, 6.45) is 2.36. The SMILES string of the molecule is CN(C(=O)C1(N)CCC1)c1ccc([N+](=O)[O-])cc1. The summed E-state index contributed by atoms with van der Waals surface area (Å²) in [4.78, 5) is 23.7. The number of hydrogen-bond donors (Lipinski definition) is 1. The number of benzene rings is 1. The average Bonchev–Trinajstić information content (AvgIpc) is 2.34. The van der Waals surface area contributed by atoms with E-state index in [1.54, 1.807) is 19.2 Å². The van der Waals surface area contributed by atoms with Gasteiger partial charge in [0.25, 0.3) is 5.69 Å². The topological polar surface area (TPSA) is 89.5 Å². The van der Waals surface area contributed by atoms with Crippen molar-refractivity contribution in [3.05, 3.63) is 34.4 Å². The molecule has 1 aliphatic carbocycles. The van der Waals surface area contributed by atoms with E-state index < -0.39 is 10.5 Å². The number of rotatable bonds is 3. The number of carbonyl (C=O) groups is 1. The molecule has 0 saturated heterocycles. The molecule has 2 rings (SSSR count). The van der Waals surface area contributed by atoms with Crippen molar-refractivity contribution in [2.45, 2.75) is 24.8 Å². The lowest BCUT2D eigenvalue weighted by atomic mass is 9.76. The molecule has 0 radical (unpaired) electrons. The van der Waals surface area contributed by atoms with Gasteiger partial charge < -0.3 is 10.6 Å². The summed E-state index contributed by atoms with van der Waals surface area (Å²) in [7, 11) is 1.64. The summed E-state index contributed by atoms with van der Waals surface area (Å²) in [5, 5.41) is 10.5. The smallest absolute Gasteiger partial charge is 0.269 e. The molecule has 96 valence electrons. The number of nitro groups is 1. The van der Waals surface area contributed by atoms with Gasteiger partial charge in [-0.25, -0.2) is 0 Å². The molecular weight excluding hydrogens is 234 g/mol. The van der Waals surface area contributed by atoms with Gasteiger partial charge in [0, 0.05) is 24.9 Å². The van der Waals surface area contributed by atoms with Crippen molar-refractivity contribution in [2.75, 3.05) is 11.9 Å². The summed E-state index contributed by atoms with van der Waals surface area (Å²) in [6, 6.07) is 5.86. The third-order valence-electron chi connectivity index (χ3n) is 3.42. The van der Waals surface area contributed by atoms with Crippen LogP contribution in [0, 0.1) is 10.1 Å². The molecule has 6 nitrogen and oxygen atoms in total. The Bertz CT molecular complexity index is 480. The fourth-order valence-corrected chi connectivity index (χ4v) is 2.02. The van der Waals surface area contributed by atoms with Gasteiger partial charge in [-0.15, -0.1) is 0 Å². The Hall–Kier alpha value is -1.95. The average molecular weight is 249 g/mol. The molecule has 1 saturated carbocycles. The number of nitro benzene ring substituents is 1. The van der Waals surface area contributed by atoms with Gasteiger partial charge in [0.15, 0.2) is 0 Å². The molecular formula is C12H15N3O3. The quantitative estimate of drug-likeness (QED) is 0.648. The van der Waals surface area contributed by atoms with Gasteiger partial charge in [-0.1, -0.05) is 0 Å². The molecule has 0 atom stereocenters. The highest BCUT2D eigenvalue weighted by atomic mass is 16.6. The van der Waals surface area contributed by atoms with Gasteiger partial charge in [0.2, 0.25) is 5.91 Å². The zero-order valence-corrected chi connectivity index (χ0v) is 10.1. The monoisotopic (exact) mass is 249 g/mol. The van der Waals surface area contributed by atoms with Crippen LogP contribution in [0.3, 0.4) is 0 Å². The van der Waals surface area contributed by atoms with Crippen LogP contribution in [0.1, 0.15) is 19.3 Å². The molecule has 1 amide bonds. The molecule has 6 heteroatoms. The Labute approximate surface area is 105 Å². The van der Waals surface area contributed by atoms with Crippen LogP contribution < -0.4 is 10.6 Å². The Morgan fingerprint density at radius 1 is 1.39 bits per heavy atom. The number of nitrogens with two attached hydrogens (primary N) is 1. The van der Waals surface area contributed by atoms with E-state index in [1.165, 1.54) is 17.0 Å². The third kappa shape index (κ3) is 2.06. The van der Waals surface area contributed by atoms with Gasteiger partial charge >= 0.3 is 0 Å². The summed E-state index contributed by atoms with van der Waals surface area (Å²) >= 11 is 0. The molecule has 0 aliphatic heterocycles. The van der Waals surface area contributed by atoms with Crippen LogP contribution >= 0.6 is 0 Å². The standard InChI is InChI=1S/C12H15N3O3/c1-14(11(16)12(13)7-2-8-12)9-3-5-10(6-4-9)15(17)18/h3-6H,2,7-8,13H2,1H3. The van der Waals surface area contributed by atoms with E-state index in [0.717, 1.165) is 6.42 Å². The maximum Gasteiger partial charge on any atom is 0.269 e. The van der Waals surface area contributed by atoms with E-state index in [0.29, 0.717) is 18.5 Å². The largest absolute Gasteiger partial charge is 0.317 e. The second kappa shape index (κ2) is 4.38. The van der Waals surface area contributed by atoms with Crippen LogP contribution in [0.5, 0.6) is 0 Å². The fourth-order valence-electron chi connectivity index (χ4n) is 2.02. The second-order valence-corrected chi connectivity index (χ2v) is 4.65. The minimum atomic E-state index is -0.753. The second-order valence-electron chi connectivity index (χ2n) is 4.65. The van der Waals surface area contributed by atoms with Crippen molar-refractivity contribution in [3.63, 3.8) is 0 Å². The molecule has 18 heavy (non-hydrogen) atoms. The molecule has 1 aromatic rings. The van der Waals surface area contributed by atoms with E-state index in [2.05, 4.69) is 0 Å². The first-order chi connectivity index (χ1) is 8.44. The predicted octanol–water partition coefficient (Wildman–Crippen LogP) is 1.44. The number of anilines is 1. The number of non-ortho nitro benzene ring substituents is 1. The van der Waals surface area contributed by atoms with E-state index in [4.69, 9.17) is 5.73 Å². The van der Waals surface area contributed by atoms with Crippen LogP contribution in [0.2, 0.25) is 0 Å². The summed E-state index contributed by atoms with van der Waals surface area (Å²) in [5.41, 5.74) is 5.83. The molecule has 0 unspecified atom stereocenters. The van der Waals surface area contributed by atoms with Crippen LogP contribution in [0.4, 0.5) is 11.4 Å². The lowest BCUT2D eigenvalue weighted by Gasteiger charge is -2.39. The van der Waals surface area contributed by atoms with Crippen LogP contribution in [-0.2, 0) is 4.79 Å². The minimum absolute atomic E-state index is 0.00528. The third-order valence-corrected chi connectivity index (χ3v) is 3.42. The molecule has 1 aliphatic rings. The molecule has 1 aromatic carbocycles. The number of amides is 1. The van der Waals surface area contributed by atoms with E-state index in [9.17, 15) is 14.9 Å². The first kappa shape index (κ1) is 12.5. The van der Waals surface area contributed by atoms with Gasteiger partial charge in [0.1, 0.15) is 0 Å². The van der Waals surface area contributed by atoms with Crippen molar-refractivity contribution < 1.29 is 9.72 Å². The zero-order valence-electron chi connectivity index (χ0n) is 10.1. The number of carbonyl (C=O) groups excluding carboxylic acids is 1. The van der Waals surface area contributed by atoms with Gasteiger partial charge in [0.05, 0.1) is 10.5 Å². The van der Waals surface area contributed by atoms with Gasteiger partial charge in [-0.2, -0.15) is 0 Å². The van der Waals surface area contributed by atoms with Gasteiger partial charge in [-0.05, 0) is 31.4 Å². The van der Waals surface area contributed by atoms with E-state index in [-0.39, 0.29) is 11.6 Å². The molecule has 0 heterocycles. The maximum absolute atomic E-state index is 12.1. The van der Waals surface area contributed by atoms with Crippen LogP contribution in [0.25, 0.3) is 0 Å². The summed E-state index contributed by atoms with van der Waals surface area (Å²) in [6.45, 7) is 0. The Morgan fingerprint density at radius 3 is 2.33 bits per heavy atom. The lowest BCUT2D eigenvalue weighted by molar-refractivity contribution is -0.384. The van der Waals surface area contributed by atoms with Crippen molar-refractivity contribution in [2.24, 2.45) is 5.73 Å². The number of hydrogen-bond acceptors (Lipinski definition) is 4. The normalized spacial score (nSPS) is 16.8. The highest BCUT2D eigenvalue weighted by molar-refractivity contribution is 6.00. The Balaban J connectivity index is 2.15. The Kier molecular flexibility index (Phi) is 3.04. The maximum atomic E-state index is 12.1. The Morgan fingerprint density at radius 2 is 1.94 bits per heavy atom. The molecule has 0 spiro atoms. The first-order valence-corrected chi connectivity index (χ1v) is 5.75. The van der Waals surface area contributed by atoms with E-state index in [1.807, 2.05) is 0 Å². The highest BCUT2D eigenvalue weighted by Gasteiger charge is 2.42. The van der Waals surface area contributed by atoms with Crippen molar-refractivity contribution >= 4 is 17.3 Å².